The molecular weight excluding hydrogens is 238 g/mol. The Morgan fingerprint density at radius 3 is 2.83 bits per heavy atom. The Balaban J connectivity index is 2.23. The second kappa shape index (κ2) is 6.53. The number of nitrogens with one attached hydrogen (secondary N) is 1. The quantitative estimate of drug-likeness (QED) is 0.616. The molecule has 2 heteroatoms. The van der Waals surface area contributed by atoms with Crippen molar-refractivity contribution >= 4 is 11.3 Å². The average molecular weight is 263 g/mol. The zero-order chi connectivity index (χ0) is 13.0. The van der Waals surface area contributed by atoms with Gasteiger partial charge in [-0.2, -0.15) is 0 Å². The first-order valence-corrected chi connectivity index (χ1v) is 8.02. The number of hydrogen-bond acceptors (Lipinski definition) is 2. The molecule has 0 aromatic carbocycles. The molecule has 1 aromatic heterocycles. The molecule has 0 saturated heterocycles. The van der Waals surface area contributed by atoms with Gasteiger partial charge in [0.05, 0.1) is 6.04 Å². The molecule has 2 rings (SSSR count). The minimum atomic E-state index is 0.414. The summed E-state index contributed by atoms with van der Waals surface area (Å²) in [6, 6.07) is 2.87. The van der Waals surface area contributed by atoms with Crippen molar-refractivity contribution in [1.29, 1.82) is 0 Å². The van der Waals surface area contributed by atoms with Crippen LogP contribution in [0.4, 0.5) is 0 Å². The Labute approximate surface area is 115 Å². The lowest BCUT2D eigenvalue weighted by atomic mass is 10.1. The number of fused-ring (bicyclic) bond motifs is 1. The molecule has 1 aliphatic rings. The van der Waals surface area contributed by atoms with Crippen molar-refractivity contribution in [2.45, 2.75) is 58.9 Å². The monoisotopic (exact) mass is 263 g/mol. The summed E-state index contributed by atoms with van der Waals surface area (Å²) in [7, 11) is 0. The van der Waals surface area contributed by atoms with E-state index in [0.717, 1.165) is 6.54 Å². The van der Waals surface area contributed by atoms with E-state index < -0.39 is 0 Å². The molecule has 100 valence electrons. The summed E-state index contributed by atoms with van der Waals surface area (Å²) < 4.78 is 0. The van der Waals surface area contributed by atoms with Crippen LogP contribution in [0.1, 0.15) is 61.4 Å². The van der Waals surface area contributed by atoms with Gasteiger partial charge < -0.3 is 5.32 Å². The van der Waals surface area contributed by atoms with Crippen molar-refractivity contribution in [2.24, 2.45) is 0 Å². The molecule has 0 bridgehead atoms. The highest BCUT2D eigenvalue weighted by molar-refractivity contribution is 7.12. The summed E-state index contributed by atoms with van der Waals surface area (Å²) in [5.41, 5.74) is 3.02. The van der Waals surface area contributed by atoms with Crippen molar-refractivity contribution in [1.82, 2.24) is 5.32 Å². The molecule has 1 atom stereocenters. The third-order valence-electron chi connectivity index (χ3n) is 3.50. The zero-order valence-corrected chi connectivity index (χ0v) is 12.7. The Bertz CT molecular complexity index is 389. The van der Waals surface area contributed by atoms with Gasteiger partial charge in [-0.3, -0.25) is 0 Å². The van der Waals surface area contributed by atoms with E-state index in [1.54, 1.807) is 10.4 Å². The number of likely N-dealkylation sites (N-methyl/N-ethyl adjacent to an activating group) is 1. The molecular formula is C16H25NS. The van der Waals surface area contributed by atoms with Crippen molar-refractivity contribution in [3.05, 3.63) is 33.0 Å². The third-order valence-corrected chi connectivity index (χ3v) is 4.82. The number of thiophene rings is 1. The van der Waals surface area contributed by atoms with E-state index >= 15 is 0 Å². The first-order valence-electron chi connectivity index (χ1n) is 7.20. The molecule has 18 heavy (non-hydrogen) atoms. The van der Waals surface area contributed by atoms with Gasteiger partial charge in [0.2, 0.25) is 0 Å². The fraction of sp³-hybridized carbons (Fsp3) is 0.625. The van der Waals surface area contributed by atoms with Crippen molar-refractivity contribution < 1.29 is 0 Å². The van der Waals surface area contributed by atoms with E-state index in [1.165, 1.54) is 42.6 Å². The fourth-order valence-corrected chi connectivity index (χ4v) is 3.94. The second-order valence-corrected chi connectivity index (χ2v) is 6.61. The summed E-state index contributed by atoms with van der Waals surface area (Å²) in [6.45, 7) is 7.58. The molecule has 0 aliphatic heterocycles. The van der Waals surface area contributed by atoms with Gasteiger partial charge in [0.1, 0.15) is 0 Å². The minimum Gasteiger partial charge on any atom is -0.306 e. The van der Waals surface area contributed by atoms with Crippen LogP contribution in [-0.2, 0) is 12.8 Å². The maximum absolute atomic E-state index is 3.59. The van der Waals surface area contributed by atoms with Crippen LogP contribution in [0.3, 0.4) is 0 Å². The summed E-state index contributed by atoms with van der Waals surface area (Å²) in [5.74, 6) is 0. The molecule has 1 unspecified atom stereocenters. The Hall–Kier alpha value is -0.600. The molecule has 0 saturated carbocycles. The molecule has 1 N–H and O–H groups in total. The predicted octanol–water partition coefficient (Wildman–Crippen LogP) is 4.63. The lowest BCUT2D eigenvalue weighted by molar-refractivity contribution is 0.652. The Kier molecular flexibility index (Phi) is 5.02. The molecule has 0 amide bonds. The highest BCUT2D eigenvalue weighted by atomic mass is 32.1. The van der Waals surface area contributed by atoms with Gasteiger partial charge in [0.25, 0.3) is 0 Å². The number of allylic oxidation sites excluding steroid dienone is 1. The Morgan fingerprint density at radius 2 is 2.11 bits per heavy atom. The zero-order valence-electron chi connectivity index (χ0n) is 11.9. The lowest BCUT2D eigenvalue weighted by Gasteiger charge is -2.12. The lowest BCUT2D eigenvalue weighted by Crippen LogP contribution is -2.18. The molecule has 1 nitrogen and oxygen atoms in total. The number of hydrogen-bond donors (Lipinski definition) is 1. The summed E-state index contributed by atoms with van der Waals surface area (Å²) >= 11 is 2.03. The highest BCUT2D eigenvalue weighted by Crippen LogP contribution is 2.33. The van der Waals surface area contributed by atoms with Gasteiger partial charge in [-0.05, 0) is 57.7 Å². The average Bonchev–Trinajstić information content (AvgIpc) is 2.60. The van der Waals surface area contributed by atoms with E-state index in [4.69, 9.17) is 0 Å². The molecule has 0 spiro atoms. The normalized spacial score (nSPS) is 16.8. The maximum Gasteiger partial charge on any atom is 0.0603 e. The maximum atomic E-state index is 3.59. The van der Waals surface area contributed by atoms with Gasteiger partial charge in [0, 0.05) is 9.75 Å². The predicted molar refractivity (Wildman–Crippen MR) is 81.4 cm³/mol. The summed E-state index contributed by atoms with van der Waals surface area (Å²) in [5, 5.41) is 3.59. The van der Waals surface area contributed by atoms with Crippen LogP contribution < -0.4 is 5.32 Å². The first kappa shape index (κ1) is 13.8. The smallest absolute Gasteiger partial charge is 0.0603 e. The molecule has 0 fully saturated rings. The molecule has 1 aromatic rings. The number of aryl methyl sites for hydroxylation is 2. The van der Waals surface area contributed by atoms with Crippen LogP contribution in [0.5, 0.6) is 0 Å². The van der Waals surface area contributed by atoms with Crippen LogP contribution in [0.25, 0.3) is 0 Å². The summed E-state index contributed by atoms with van der Waals surface area (Å²) in [6.07, 6.45) is 9.10. The van der Waals surface area contributed by atoms with Gasteiger partial charge >= 0.3 is 0 Å². The molecule has 0 radical (unpaired) electrons. The number of rotatable bonds is 4. The van der Waals surface area contributed by atoms with Gasteiger partial charge in [-0.15, -0.1) is 11.3 Å². The molecule has 1 aliphatic carbocycles. The van der Waals surface area contributed by atoms with Crippen LogP contribution in [0, 0.1) is 0 Å². The van der Waals surface area contributed by atoms with Gasteiger partial charge in [0.15, 0.2) is 0 Å². The highest BCUT2D eigenvalue weighted by Gasteiger charge is 2.16. The summed E-state index contributed by atoms with van der Waals surface area (Å²) in [4.78, 5) is 3.15. The van der Waals surface area contributed by atoms with Crippen LogP contribution in [0.15, 0.2) is 17.7 Å². The van der Waals surface area contributed by atoms with E-state index in [-0.39, 0.29) is 0 Å². The van der Waals surface area contributed by atoms with Crippen molar-refractivity contribution in [2.75, 3.05) is 6.54 Å². The van der Waals surface area contributed by atoms with Crippen LogP contribution >= 0.6 is 11.3 Å². The topological polar surface area (TPSA) is 12.0 Å². The molecule has 1 heterocycles. The standard InChI is InChI=1S/C16H25NS/c1-4-17-14(10-12(2)3)16-11-13-8-6-5-7-9-15(13)18-16/h10-11,14,17H,4-9H2,1-3H3. The van der Waals surface area contributed by atoms with E-state index in [0.29, 0.717) is 6.04 Å². The van der Waals surface area contributed by atoms with E-state index in [1.807, 2.05) is 11.3 Å². The van der Waals surface area contributed by atoms with E-state index in [2.05, 4.69) is 38.2 Å². The van der Waals surface area contributed by atoms with Crippen molar-refractivity contribution in [3.63, 3.8) is 0 Å². The Morgan fingerprint density at radius 1 is 1.33 bits per heavy atom. The van der Waals surface area contributed by atoms with Crippen LogP contribution in [-0.4, -0.2) is 6.54 Å². The van der Waals surface area contributed by atoms with Gasteiger partial charge in [-0.1, -0.05) is 25.0 Å². The first-order chi connectivity index (χ1) is 8.70. The fourth-order valence-electron chi connectivity index (χ4n) is 2.64. The van der Waals surface area contributed by atoms with Crippen molar-refractivity contribution in [3.8, 4) is 0 Å². The largest absolute Gasteiger partial charge is 0.306 e. The van der Waals surface area contributed by atoms with E-state index in [9.17, 15) is 0 Å². The third kappa shape index (κ3) is 3.46. The minimum absolute atomic E-state index is 0.414. The van der Waals surface area contributed by atoms with Gasteiger partial charge in [-0.25, -0.2) is 0 Å². The van der Waals surface area contributed by atoms with Crippen LogP contribution in [0.2, 0.25) is 0 Å². The SMILES string of the molecule is CCNC(C=C(C)C)c1cc2c(s1)CCCCC2. The second-order valence-electron chi connectivity index (χ2n) is 5.44.